The fraction of sp³-hybridized carbons (Fsp3) is 0.538. The van der Waals surface area contributed by atoms with Crippen molar-refractivity contribution in [1.82, 2.24) is 0 Å². The number of nitro groups is 1. The Balaban J connectivity index is 3.60. The van der Waals surface area contributed by atoms with Gasteiger partial charge in [0.2, 0.25) is 0 Å². The highest BCUT2D eigenvalue weighted by Gasteiger charge is 2.45. The van der Waals surface area contributed by atoms with Gasteiger partial charge in [0.05, 0.1) is 4.92 Å². The van der Waals surface area contributed by atoms with Crippen molar-refractivity contribution < 1.29 is 22.5 Å². The van der Waals surface area contributed by atoms with Crippen LogP contribution in [-0.2, 0) is 6.18 Å². The third-order valence-corrected chi connectivity index (χ3v) is 8.48. The number of hydrogen-bond donors (Lipinski definition) is 0. The quantitative estimate of drug-likeness (QED) is 0.368. The van der Waals surface area contributed by atoms with Crippen molar-refractivity contribution in [2.45, 2.75) is 45.1 Å². The van der Waals surface area contributed by atoms with Crippen molar-refractivity contribution in [1.29, 1.82) is 0 Å². The van der Waals surface area contributed by atoms with Crippen LogP contribution in [0.15, 0.2) is 16.6 Å². The minimum atomic E-state index is -4.74. The Morgan fingerprint density at radius 2 is 1.73 bits per heavy atom. The van der Waals surface area contributed by atoms with Crippen LogP contribution >= 0.6 is 15.9 Å². The van der Waals surface area contributed by atoms with Crippen LogP contribution in [0, 0.1) is 10.1 Å². The molecule has 1 aromatic rings. The van der Waals surface area contributed by atoms with Gasteiger partial charge in [0.25, 0.3) is 8.32 Å². The highest BCUT2D eigenvalue weighted by molar-refractivity contribution is 9.10. The van der Waals surface area contributed by atoms with Gasteiger partial charge in [-0.05, 0) is 24.2 Å². The van der Waals surface area contributed by atoms with Gasteiger partial charge in [-0.2, -0.15) is 13.2 Å². The van der Waals surface area contributed by atoms with Crippen LogP contribution in [0.25, 0.3) is 0 Å². The highest BCUT2D eigenvalue weighted by atomic mass is 79.9. The lowest BCUT2D eigenvalue weighted by Gasteiger charge is -2.36. The Kier molecular flexibility index (Phi) is 5.03. The Bertz CT molecular complexity index is 597. The molecule has 0 unspecified atom stereocenters. The summed E-state index contributed by atoms with van der Waals surface area (Å²) in [5.41, 5.74) is -1.83. The number of rotatable bonds is 3. The van der Waals surface area contributed by atoms with Gasteiger partial charge in [0, 0.05) is 10.5 Å². The molecule has 0 spiro atoms. The van der Waals surface area contributed by atoms with E-state index in [0.29, 0.717) is 0 Å². The zero-order valence-electron chi connectivity index (χ0n) is 12.8. The summed E-state index contributed by atoms with van der Waals surface area (Å²) in [6.07, 6.45) is -4.74. The van der Waals surface area contributed by atoms with Crippen molar-refractivity contribution in [2.75, 3.05) is 0 Å². The molecule has 0 atom stereocenters. The van der Waals surface area contributed by atoms with Crippen LogP contribution in [0.4, 0.5) is 18.9 Å². The van der Waals surface area contributed by atoms with Crippen molar-refractivity contribution >= 4 is 29.9 Å². The Labute approximate surface area is 136 Å². The topological polar surface area (TPSA) is 52.4 Å². The van der Waals surface area contributed by atoms with E-state index in [1.807, 2.05) is 20.8 Å². The van der Waals surface area contributed by atoms with E-state index < -0.39 is 41.5 Å². The lowest BCUT2D eigenvalue weighted by Crippen LogP contribution is -2.44. The van der Waals surface area contributed by atoms with E-state index in [9.17, 15) is 23.3 Å². The average molecular weight is 400 g/mol. The molecule has 9 heteroatoms. The minimum Gasteiger partial charge on any atom is -0.538 e. The van der Waals surface area contributed by atoms with E-state index in [-0.39, 0.29) is 4.47 Å². The molecule has 1 aromatic carbocycles. The molecule has 0 heterocycles. The first kappa shape index (κ1) is 19.0. The van der Waals surface area contributed by atoms with Crippen LogP contribution in [0.5, 0.6) is 5.75 Å². The summed E-state index contributed by atoms with van der Waals surface area (Å²) < 4.78 is 45.3. The molecule has 0 aliphatic carbocycles. The van der Waals surface area contributed by atoms with Gasteiger partial charge < -0.3 is 4.43 Å². The van der Waals surface area contributed by atoms with E-state index in [2.05, 4.69) is 15.9 Å². The Hall–Kier alpha value is -1.09. The van der Waals surface area contributed by atoms with Crippen LogP contribution in [0.2, 0.25) is 18.1 Å². The summed E-state index contributed by atoms with van der Waals surface area (Å²) in [5.74, 6) is -0.702. The predicted octanol–water partition coefficient (Wildman–Crippen LogP) is 5.76. The first-order chi connectivity index (χ1) is 9.67. The zero-order chi connectivity index (χ0) is 17.5. The fourth-order valence-electron chi connectivity index (χ4n) is 1.44. The zero-order valence-corrected chi connectivity index (χ0v) is 15.4. The second-order valence-corrected chi connectivity index (χ2v) is 12.1. The van der Waals surface area contributed by atoms with Gasteiger partial charge in [-0.3, -0.25) is 10.1 Å². The van der Waals surface area contributed by atoms with E-state index in [0.717, 1.165) is 12.1 Å². The van der Waals surface area contributed by atoms with E-state index >= 15 is 0 Å². The monoisotopic (exact) mass is 399 g/mol. The van der Waals surface area contributed by atoms with Crippen LogP contribution in [-0.4, -0.2) is 13.2 Å². The maximum absolute atomic E-state index is 13.2. The van der Waals surface area contributed by atoms with Gasteiger partial charge in [-0.15, -0.1) is 0 Å². The number of hydrogen-bond acceptors (Lipinski definition) is 3. The smallest absolute Gasteiger partial charge is 0.420 e. The number of benzene rings is 1. The van der Waals surface area contributed by atoms with Gasteiger partial charge in [0.15, 0.2) is 5.75 Å². The molecule has 22 heavy (non-hydrogen) atoms. The van der Waals surface area contributed by atoms with E-state index in [1.165, 1.54) is 0 Å². The Morgan fingerprint density at radius 1 is 1.23 bits per heavy atom. The molecule has 0 aliphatic rings. The maximum atomic E-state index is 13.2. The summed E-state index contributed by atoms with van der Waals surface area (Å²) in [5, 5.41) is 10.7. The van der Waals surface area contributed by atoms with Gasteiger partial charge in [-0.1, -0.05) is 36.7 Å². The molecule has 0 bridgehead atoms. The van der Waals surface area contributed by atoms with Crippen molar-refractivity contribution in [3.8, 4) is 5.75 Å². The van der Waals surface area contributed by atoms with Crippen molar-refractivity contribution in [2.24, 2.45) is 0 Å². The molecule has 0 aromatic heterocycles. The number of nitrogens with zero attached hydrogens (tertiary/aromatic N) is 1. The van der Waals surface area contributed by atoms with E-state index in [4.69, 9.17) is 4.43 Å². The Morgan fingerprint density at radius 3 is 2.09 bits per heavy atom. The lowest BCUT2D eigenvalue weighted by atomic mass is 10.1. The third kappa shape index (κ3) is 4.01. The van der Waals surface area contributed by atoms with Crippen LogP contribution in [0.3, 0.4) is 0 Å². The molecule has 0 aliphatic heterocycles. The SMILES string of the molecule is CC(C)(C)[Si](C)(C)Oc1c([N+](=O)[O-])cc(Br)cc1C(F)(F)F. The summed E-state index contributed by atoms with van der Waals surface area (Å²) in [4.78, 5) is 10.3. The minimum absolute atomic E-state index is 0.0193. The molecule has 124 valence electrons. The fourth-order valence-corrected chi connectivity index (χ4v) is 2.92. The standard InChI is InChI=1S/C13H17BrF3NO3Si/c1-12(2,3)22(4,5)21-11-9(13(15,16)17)6-8(14)7-10(11)18(19)20/h6-7H,1-5H3. The number of halogens is 4. The van der Waals surface area contributed by atoms with Gasteiger partial charge >= 0.3 is 11.9 Å². The summed E-state index contributed by atoms with van der Waals surface area (Å²) >= 11 is 2.88. The average Bonchev–Trinajstić information content (AvgIpc) is 2.27. The molecule has 0 radical (unpaired) electrons. The molecule has 0 N–H and O–H groups in total. The molecule has 1 rings (SSSR count). The summed E-state index contributed by atoms with van der Waals surface area (Å²) in [6.45, 7) is 9.00. The van der Waals surface area contributed by atoms with Crippen LogP contribution in [0.1, 0.15) is 26.3 Å². The van der Waals surface area contributed by atoms with Gasteiger partial charge in [0.1, 0.15) is 5.56 Å². The largest absolute Gasteiger partial charge is 0.538 e. The second-order valence-electron chi connectivity index (χ2n) is 6.42. The molecular formula is C13H17BrF3NO3Si. The lowest BCUT2D eigenvalue weighted by molar-refractivity contribution is -0.385. The van der Waals surface area contributed by atoms with Crippen molar-refractivity contribution in [3.05, 3.63) is 32.3 Å². The van der Waals surface area contributed by atoms with E-state index in [1.54, 1.807) is 13.1 Å². The first-order valence-electron chi connectivity index (χ1n) is 6.41. The number of alkyl halides is 3. The molecular weight excluding hydrogens is 383 g/mol. The van der Waals surface area contributed by atoms with Crippen LogP contribution < -0.4 is 4.43 Å². The summed E-state index contributed by atoms with van der Waals surface area (Å²) in [7, 11) is -2.67. The highest BCUT2D eigenvalue weighted by Crippen LogP contribution is 2.47. The summed E-state index contributed by atoms with van der Waals surface area (Å²) in [6, 6.07) is 1.83. The maximum Gasteiger partial charge on any atom is 0.420 e. The number of nitro benzene ring substituents is 1. The molecule has 0 fully saturated rings. The molecule has 0 saturated heterocycles. The van der Waals surface area contributed by atoms with Crippen molar-refractivity contribution in [3.63, 3.8) is 0 Å². The first-order valence-corrected chi connectivity index (χ1v) is 10.1. The molecule has 4 nitrogen and oxygen atoms in total. The molecule has 0 saturated carbocycles. The van der Waals surface area contributed by atoms with Gasteiger partial charge in [-0.25, -0.2) is 0 Å². The molecule has 0 amide bonds. The third-order valence-electron chi connectivity index (χ3n) is 3.70. The normalized spacial score (nSPS) is 13.1. The predicted molar refractivity (Wildman–Crippen MR) is 83.6 cm³/mol. The second kappa shape index (κ2) is 5.84.